The summed E-state index contributed by atoms with van der Waals surface area (Å²) in [4.78, 5) is 0.868. The summed E-state index contributed by atoms with van der Waals surface area (Å²) in [6.07, 6.45) is 1.07. The van der Waals surface area contributed by atoms with Gasteiger partial charge in [-0.3, -0.25) is 0 Å². The average molecular weight is 281 g/mol. The molecule has 0 unspecified atom stereocenters. The van der Waals surface area contributed by atoms with E-state index in [9.17, 15) is 5.11 Å². The molecule has 0 radical (unpaired) electrons. The van der Waals surface area contributed by atoms with Gasteiger partial charge in [0.05, 0.1) is 0 Å². The maximum absolute atomic E-state index is 9.68. The minimum absolute atomic E-state index is 0.314. The van der Waals surface area contributed by atoms with Crippen LogP contribution in [0.4, 0.5) is 5.00 Å². The Hall–Kier alpha value is -1.27. The molecule has 1 aromatic heterocycles. The fourth-order valence-electron chi connectivity index (χ4n) is 1.40. The first-order valence-electron chi connectivity index (χ1n) is 5.77. The zero-order valence-corrected chi connectivity index (χ0v) is 11.7. The fourth-order valence-corrected chi connectivity index (χ4v) is 2.98. The number of nitrogens with one attached hydrogen (secondary N) is 1. The highest BCUT2D eigenvalue weighted by Gasteiger charge is 2.09. The second-order valence-corrected chi connectivity index (χ2v) is 5.50. The van der Waals surface area contributed by atoms with Crippen molar-refractivity contribution in [2.45, 2.75) is 24.0 Å². The summed E-state index contributed by atoms with van der Waals surface area (Å²) in [7, 11) is 0. The van der Waals surface area contributed by atoms with E-state index in [1.165, 1.54) is 11.5 Å². The molecule has 0 spiro atoms. The first-order valence-corrected chi connectivity index (χ1v) is 7.53. The van der Waals surface area contributed by atoms with Crippen LogP contribution in [0.2, 0.25) is 0 Å². The van der Waals surface area contributed by atoms with E-state index < -0.39 is 0 Å². The van der Waals surface area contributed by atoms with E-state index >= 15 is 0 Å². The van der Waals surface area contributed by atoms with Gasteiger partial charge in [0.2, 0.25) is 0 Å². The molecule has 0 atom stereocenters. The lowest BCUT2D eigenvalue weighted by molar-refractivity contribution is 0.462. The third-order valence-electron chi connectivity index (χ3n) is 2.32. The van der Waals surface area contributed by atoms with Gasteiger partial charge in [-0.1, -0.05) is 23.5 Å². The Balaban J connectivity index is 1.98. The maximum atomic E-state index is 9.68. The van der Waals surface area contributed by atoms with Crippen molar-refractivity contribution in [3.05, 3.63) is 30.0 Å². The summed E-state index contributed by atoms with van der Waals surface area (Å²) in [5.41, 5.74) is 0.946. The maximum Gasteiger partial charge on any atom is 0.134 e. The minimum atomic E-state index is 0.314. The molecule has 0 saturated heterocycles. The third-order valence-corrected chi connectivity index (χ3v) is 4.12. The van der Waals surface area contributed by atoms with Gasteiger partial charge in [0, 0.05) is 28.7 Å². The van der Waals surface area contributed by atoms with Crippen molar-refractivity contribution >= 4 is 28.3 Å². The van der Waals surface area contributed by atoms with Crippen LogP contribution >= 0.6 is 23.3 Å². The van der Waals surface area contributed by atoms with E-state index in [0.717, 1.165) is 28.6 Å². The van der Waals surface area contributed by atoms with Gasteiger partial charge in [-0.2, -0.15) is 0 Å². The van der Waals surface area contributed by atoms with Crippen LogP contribution in [-0.2, 0) is 5.75 Å². The second-order valence-electron chi connectivity index (χ2n) is 3.73. The third kappa shape index (κ3) is 3.36. The molecular weight excluding hydrogens is 266 g/mol. The van der Waals surface area contributed by atoms with Crippen LogP contribution in [0.3, 0.4) is 0 Å². The number of rotatable bonds is 6. The van der Waals surface area contributed by atoms with Crippen LogP contribution < -0.4 is 5.32 Å². The van der Waals surface area contributed by atoms with Crippen molar-refractivity contribution < 1.29 is 5.11 Å². The van der Waals surface area contributed by atoms with Crippen LogP contribution in [-0.4, -0.2) is 21.2 Å². The summed E-state index contributed by atoms with van der Waals surface area (Å²) in [6.45, 7) is 3.05. The van der Waals surface area contributed by atoms with Gasteiger partial charge in [0.25, 0.3) is 0 Å². The Bertz CT molecular complexity index is 502. The molecule has 18 heavy (non-hydrogen) atoms. The number of nitrogens with zero attached hydrogens (tertiary/aromatic N) is 2. The van der Waals surface area contributed by atoms with E-state index in [1.807, 2.05) is 18.2 Å². The summed E-state index contributed by atoms with van der Waals surface area (Å²) in [5.74, 6) is 1.02. The number of phenolic OH excluding ortho intramolecular Hbond substituents is 1. The molecule has 0 aliphatic rings. The molecular formula is C12H15N3OS2. The molecule has 0 saturated carbocycles. The SMILES string of the molecule is CCCNc1snnc1CSc1ccccc1O. The van der Waals surface area contributed by atoms with Crippen LogP contribution in [0.5, 0.6) is 5.75 Å². The molecule has 0 amide bonds. The number of para-hydroxylation sites is 1. The number of hydrogen-bond acceptors (Lipinski definition) is 6. The van der Waals surface area contributed by atoms with Gasteiger partial charge in [-0.15, -0.1) is 16.9 Å². The van der Waals surface area contributed by atoms with Crippen molar-refractivity contribution in [3.8, 4) is 5.75 Å². The molecule has 0 bridgehead atoms. The van der Waals surface area contributed by atoms with Crippen molar-refractivity contribution in [2.75, 3.05) is 11.9 Å². The standard InChI is InChI=1S/C12H15N3OS2/c1-2-7-13-12-9(14-15-18-12)8-17-11-6-4-3-5-10(11)16/h3-6,13,16H,2,7-8H2,1H3. The van der Waals surface area contributed by atoms with Gasteiger partial charge in [0.1, 0.15) is 16.4 Å². The first kappa shape index (κ1) is 13.2. The van der Waals surface area contributed by atoms with Gasteiger partial charge in [-0.05, 0) is 18.6 Å². The molecule has 2 N–H and O–H groups in total. The predicted molar refractivity (Wildman–Crippen MR) is 76.4 cm³/mol. The summed E-state index contributed by atoms with van der Waals surface area (Å²) in [6, 6.07) is 7.33. The number of hydrogen-bond donors (Lipinski definition) is 2. The molecule has 4 nitrogen and oxygen atoms in total. The van der Waals surface area contributed by atoms with Gasteiger partial charge < -0.3 is 10.4 Å². The molecule has 0 fully saturated rings. The molecule has 96 valence electrons. The molecule has 1 heterocycles. The molecule has 2 rings (SSSR count). The number of thioether (sulfide) groups is 1. The van der Waals surface area contributed by atoms with Gasteiger partial charge in [-0.25, -0.2) is 0 Å². The second kappa shape index (κ2) is 6.61. The Morgan fingerprint density at radius 3 is 3.00 bits per heavy atom. The Morgan fingerprint density at radius 1 is 1.39 bits per heavy atom. The van der Waals surface area contributed by atoms with Crippen molar-refractivity contribution in [2.24, 2.45) is 0 Å². The summed E-state index contributed by atoms with van der Waals surface area (Å²) < 4.78 is 3.96. The molecule has 2 aromatic rings. The van der Waals surface area contributed by atoms with Crippen LogP contribution in [0.15, 0.2) is 29.2 Å². The molecule has 1 aromatic carbocycles. The highest BCUT2D eigenvalue weighted by molar-refractivity contribution is 7.98. The highest BCUT2D eigenvalue weighted by atomic mass is 32.2. The van der Waals surface area contributed by atoms with Crippen molar-refractivity contribution in [3.63, 3.8) is 0 Å². The minimum Gasteiger partial charge on any atom is -0.507 e. The topological polar surface area (TPSA) is 58.0 Å². The largest absolute Gasteiger partial charge is 0.507 e. The van der Waals surface area contributed by atoms with Gasteiger partial charge >= 0.3 is 0 Å². The summed E-state index contributed by atoms with van der Waals surface area (Å²) in [5, 5.41) is 18.1. The first-order chi connectivity index (χ1) is 8.81. The van der Waals surface area contributed by atoms with Crippen LogP contribution in [0.25, 0.3) is 0 Å². The quantitative estimate of drug-likeness (QED) is 0.795. The molecule has 0 aliphatic heterocycles. The van der Waals surface area contributed by atoms with Crippen molar-refractivity contribution in [1.29, 1.82) is 0 Å². The van der Waals surface area contributed by atoms with E-state index in [0.29, 0.717) is 11.5 Å². The number of phenols is 1. The monoisotopic (exact) mass is 281 g/mol. The Morgan fingerprint density at radius 2 is 2.22 bits per heavy atom. The van der Waals surface area contributed by atoms with E-state index in [4.69, 9.17) is 0 Å². The zero-order chi connectivity index (χ0) is 12.8. The Kier molecular flexibility index (Phi) is 4.83. The average Bonchev–Trinajstić information content (AvgIpc) is 2.83. The van der Waals surface area contributed by atoms with Crippen molar-refractivity contribution in [1.82, 2.24) is 9.59 Å². The van der Waals surface area contributed by atoms with E-state index in [1.54, 1.807) is 17.8 Å². The summed E-state index contributed by atoms with van der Waals surface area (Å²) >= 11 is 2.95. The van der Waals surface area contributed by atoms with Gasteiger partial charge in [0.15, 0.2) is 0 Å². The van der Waals surface area contributed by atoms with E-state index in [2.05, 4.69) is 21.8 Å². The normalized spacial score (nSPS) is 10.5. The number of benzene rings is 1. The lowest BCUT2D eigenvalue weighted by Gasteiger charge is -2.04. The smallest absolute Gasteiger partial charge is 0.134 e. The number of aromatic hydroxyl groups is 1. The van der Waals surface area contributed by atoms with Crippen LogP contribution in [0, 0.1) is 0 Å². The number of aromatic nitrogens is 2. The molecule has 6 heteroatoms. The lowest BCUT2D eigenvalue weighted by Crippen LogP contribution is -2.00. The lowest BCUT2D eigenvalue weighted by atomic mass is 10.3. The number of anilines is 1. The fraction of sp³-hybridized carbons (Fsp3) is 0.333. The molecule has 0 aliphatic carbocycles. The van der Waals surface area contributed by atoms with E-state index in [-0.39, 0.29) is 0 Å². The zero-order valence-electron chi connectivity index (χ0n) is 10.1. The Labute approximate surface area is 115 Å². The predicted octanol–water partition coefficient (Wildman–Crippen LogP) is 3.36. The highest BCUT2D eigenvalue weighted by Crippen LogP contribution is 2.32. The van der Waals surface area contributed by atoms with Crippen LogP contribution in [0.1, 0.15) is 19.0 Å².